The van der Waals surface area contributed by atoms with Crippen molar-refractivity contribution in [3.05, 3.63) is 52.0 Å². The van der Waals surface area contributed by atoms with E-state index in [2.05, 4.69) is 28.6 Å². The highest BCUT2D eigenvalue weighted by Gasteiger charge is 2.13. The Bertz CT molecular complexity index is 608. The first-order chi connectivity index (χ1) is 8.24. The highest BCUT2D eigenvalue weighted by atomic mass is 32.1. The van der Waals surface area contributed by atoms with E-state index in [1.807, 2.05) is 19.2 Å². The minimum Gasteiger partial charge on any atom is -0.320 e. The van der Waals surface area contributed by atoms with E-state index in [1.54, 1.807) is 22.7 Å². The number of aromatic nitrogens is 1. The fourth-order valence-corrected chi connectivity index (χ4v) is 3.91. The topological polar surface area (TPSA) is 38.9 Å². The van der Waals surface area contributed by atoms with E-state index >= 15 is 0 Å². The number of nitrogens with two attached hydrogens (primary N) is 1. The summed E-state index contributed by atoms with van der Waals surface area (Å²) in [5, 5.41) is 2.11. The van der Waals surface area contributed by atoms with Gasteiger partial charge in [-0.05, 0) is 36.1 Å². The van der Waals surface area contributed by atoms with Crippen LogP contribution < -0.4 is 5.73 Å². The average Bonchev–Trinajstić information content (AvgIpc) is 2.89. The van der Waals surface area contributed by atoms with Gasteiger partial charge < -0.3 is 5.73 Å². The summed E-state index contributed by atoms with van der Waals surface area (Å²) in [6.07, 6.45) is 1.87. The molecule has 4 heteroatoms. The maximum atomic E-state index is 6.26. The molecule has 0 aromatic carbocycles. The van der Waals surface area contributed by atoms with Crippen molar-refractivity contribution < 1.29 is 0 Å². The Kier molecular flexibility index (Phi) is 2.70. The van der Waals surface area contributed by atoms with Gasteiger partial charge in [-0.1, -0.05) is 6.07 Å². The van der Waals surface area contributed by atoms with Crippen LogP contribution in [0.5, 0.6) is 0 Å². The number of thiophene rings is 2. The number of hydrogen-bond donors (Lipinski definition) is 1. The molecule has 2 nitrogen and oxygen atoms in total. The van der Waals surface area contributed by atoms with E-state index in [-0.39, 0.29) is 6.04 Å². The van der Waals surface area contributed by atoms with Crippen molar-refractivity contribution in [3.8, 4) is 0 Å². The third-order valence-corrected chi connectivity index (χ3v) is 4.93. The van der Waals surface area contributed by atoms with Crippen molar-refractivity contribution >= 4 is 32.1 Å². The van der Waals surface area contributed by atoms with Crippen molar-refractivity contribution in [3.63, 3.8) is 0 Å². The first-order valence-electron chi connectivity index (χ1n) is 5.39. The predicted octanol–water partition coefficient (Wildman–Crippen LogP) is 3.71. The third kappa shape index (κ3) is 1.99. The van der Waals surface area contributed by atoms with Gasteiger partial charge in [0.1, 0.15) is 0 Å². The molecular weight excluding hydrogens is 248 g/mol. The molecule has 1 unspecified atom stereocenters. The van der Waals surface area contributed by atoms with Gasteiger partial charge >= 0.3 is 0 Å². The maximum absolute atomic E-state index is 6.26. The fourth-order valence-electron chi connectivity index (χ4n) is 1.77. The normalized spacial score (nSPS) is 13.1. The zero-order chi connectivity index (χ0) is 11.8. The number of rotatable bonds is 2. The molecule has 3 rings (SSSR count). The molecule has 0 saturated heterocycles. The van der Waals surface area contributed by atoms with Gasteiger partial charge in [0.05, 0.1) is 6.04 Å². The Labute approximate surface area is 108 Å². The molecule has 0 saturated carbocycles. The second kappa shape index (κ2) is 4.22. The molecule has 86 valence electrons. The molecule has 0 bridgehead atoms. The molecule has 3 aromatic rings. The zero-order valence-electron chi connectivity index (χ0n) is 9.38. The van der Waals surface area contributed by atoms with Crippen molar-refractivity contribution in [1.82, 2.24) is 4.98 Å². The molecule has 0 spiro atoms. The summed E-state index contributed by atoms with van der Waals surface area (Å²) >= 11 is 3.53. The van der Waals surface area contributed by atoms with E-state index in [9.17, 15) is 0 Å². The van der Waals surface area contributed by atoms with E-state index in [4.69, 9.17) is 5.73 Å². The standard InChI is InChI=1S/C13H12N2S2/c1-8-2-3-9(7-15-8)13(14)12-6-11-10(17-12)4-5-16-11/h2-7,13H,14H2,1H3. The Morgan fingerprint density at radius 3 is 2.82 bits per heavy atom. The van der Waals surface area contributed by atoms with Crippen molar-refractivity contribution in [1.29, 1.82) is 0 Å². The minimum atomic E-state index is -0.0623. The lowest BCUT2D eigenvalue weighted by atomic mass is 10.1. The quantitative estimate of drug-likeness (QED) is 0.762. The van der Waals surface area contributed by atoms with E-state index in [0.717, 1.165) is 11.3 Å². The SMILES string of the molecule is Cc1ccc(C(N)c2cc3sccc3s2)cn1. The second-order valence-electron chi connectivity index (χ2n) is 4.01. The van der Waals surface area contributed by atoms with Gasteiger partial charge in [0.25, 0.3) is 0 Å². The number of hydrogen-bond acceptors (Lipinski definition) is 4. The minimum absolute atomic E-state index is 0.0623. The Morgan fingerprint density at radius 1 is 1.24 bits per heavy atom. The molecule has 1 atom stereocenters. The number of nitrogens with zero attached hydrogens (tertiary/aromatic N) is 1. The fraction of sp³-hybridized carbons (Fsp3) is 0.154. The summed E-state index contributed by atoms with van der Waals surface area (Å²) in [6.45, 7) is 1.98. The molecule has 0 aliphatic heterocycles. The second-order valence-corrected chi connectivity index (χ2v) is 6.07. The predicted molar refractivity (Wildman–Crippen MR) is 74.7 cm³/mol. The molecular formula is C13H12N2S2. The molecule has 3 aromatic heterocycles. The smallest absolute Gasteiger partial charge is 0.0661 e. The molecule has 0 aliphatic rings. The van der Waals surface area contributed by atoms with E-state index in [1.165, 1.54) is 14.3 Å². The summed E-state index contributed by atoms with van der Waals surface area (Å²) in [6, 6.07) is 8.34. The van der Waals surface area contributed by atoms with Crippen LogP contribution >= 0.6 is 22.7 Å². The van der Waals surface area contributed by atoms with Crippen LogP contribution in [0, 0.1) is 6.92 Å². The summed E-state index contributed by atoms with van der Waals surface area (Å²) in [5.74, 6) is 0. The van der Waals surface area contributed by atoms with Crippen LogP contribution in [0.2, 0.25) is 0 Å². The summed E-state index contributed by atoms with van der Waals surface area (Å²) in [5.41, 5.74) is 8.36. The largest absolute Gasteiger partial charge is 0.320 e. The molecule has 2 N–H and O–H groups in total. The number of fused-ring (bicyclic) bond motifs is 1. The van der Waals surface area contributed by atoms with Gasteiger partial charge in [0.2, 0.25) is 0 Å². The van der Waals surface area contributed by atoms with Crippen LogP contribution in [-0.4, -0.2) is 4.98 Å². The van der Waals surface area contributed by atoms with Crippen molar-refractivity contribution in [2.75, 3.05) is 0 Å². The van der Waals surface area contributed by atoms with Gasteiger partial charge in [-0.3, -0.25) is 4.98 Å². The van der Waals surface area contributed by atoms with Crippen LogP contribution in [0.3, 0.4) is 0 Å². The Balaban J connectivity index is 1.98. The lowest BCUT2D eigenvalue weighted by Crippen LogP contribution is -2.10. The summed E-state index contributed by atoms with van der Waals surface area (Å²) in [7, 11) is 0. The number of aryl methyl sites for hydroxylation is 1. The van der Waals surface area contributed by atoms with Crippen molar-refractivity contribution in [2.24, 2.45) is 5.73 Å². The Morgan fingerprint density at radius 2 is 2.12 bits per heavy atom. The average molecular weight is 260 g/mol. The van der Waals surface area contributed by atoms with Crippen molar-refractivity contribution in [2.45, 2.75) is 13.0 Å². The molecule has 3 heterocycles. The number of pyridine rings is 1. The van der Waals surface area contributed by atoms with Gasteiger partial charge in [0, 0.05) is 26.2 Å². The highest BCUT2D eigenvalue weighted by molar-refractivity contribution is 7.26. The lowest BCUT2D eigenvalue weighted by Gasteiger charge is -2.09. The summed E-state index contributed by atoms with van der Waals surface area (Å²) in [4.78, 5) is 5.50. The summed E-state index contributed by atoms with van der Waals surface area (Å²) < 4.78 is 2.64. The molecule has 0 amide bonds. The van der Waals surface area contributed by atoms with Gasteiger partial charge in [-0.2, -0.15) is 0 Å². The first kappa shape index (κ1) is 10.9. The van der Waals surface area contributed by atoms with E-state index in [0.29, 0.717) is 0 Å². The van der Waals surface area contributed by atoms with Crippen LogP contribution in [-0.2, 0) is 0 Å². The third-order valence-electron chi connectivity index (χ3n) is 2.76. The Hall–Kier alpha value is -1.23. The van der Waals surface area contributed by atoms with Gasteiger partial charge in [-0.25, -0.2) is 0 Å². The first-order valence-corrected chi connectivity index (χ1v) is 7.09. The molecule has 0 radical (unpaired) electrons. The van der Waals surface area contributed by atoms with Gasteiger partial charge in [-0.15, -0.1) is 22.7 Å². The van der Waals surface area contributed by atoms with Crippen LogP contribution in [0.4, 0.5) is 0 Å². The molecule has 17 heavy (non-hydrogen) atoms. The zero-order valence-corrected chi connectivity index (χ0v) is 11.0. The highest BCUT2D eigenvalue weighted by Crippen LogP contribution is 2.34. The molecule has 0 fully saturated rings. The van der Waals surface area contributed by atoms with Crippen LogP contribution in [0.25, 0.3) is 9.40 Å². The van der Waals surface area contributed by atoms with Gasteiger partial charge in [0.15, 0.2) is 0 Å². The lowest BCUT2D eigenvalue weighted by molar-refractivity contribution is 0.881. The maximum Gasteiger partial charge on any atom is 0.0661 e. The monoisotopic (exact) mass is 260 g/mol. The van der Waals surface area contributed by atoms with Crippen LogP contribution in [0.15, 0.2) is 35.8 Å². The molecule has 0 aliphatic carbocycles. The van der Waals surface area contributed by atoms with Crippen LogP contribution in [0.1, 0.15) is 22.2 Å². The van der Waals surface area contributed by atoms with E-state index < -0.39 is 0 Å².